The molecule has 8 aliphatic heterocycles. The van der Waals surface area contributed by atoms with E-state index in [4.69, 9.17) is 94.7 Å². The van der Waals surface area contributed by atoms with E-state index in [0.29, 0.717) is 25.7 Å². The Labute approximate surface area is 782 Å². The third-order valence-corrected chi connectivity index (χ3v) is 31.0. The van der Waals surface area contributed by atoms with Crippen molar-refractivity contribution in [1.29, 1.82) is 0 Å². The van der Waals surface area contributed by atoms with Crippen LogP contribution in [0.2, 0.25) is 0 Å². The van der Waals surface area contributed by atoms with Gasteiger partial charge in [-0.2, -0.15) is 0 Å². The molecule has 0 aromatic carbocycles. The summed E-state index contributed by atoms with van der Waals surface area (Å²) in [6.45, 7) is -2.59. The van der Waals surface area contributed by atoms with Crippen LogP contribution in [0.4, 0.5) is 0 Å². The predicted octanol–water partition coefficient (Wildman–Crippen LogP) is -12.5. The second-order valence-electron chi connectivity index (χ2n) is 39.5. The summed E-state index contributed by atoms with van der Waals surface area (Å²) in [5, 5.41) is 298. The van der Waals surface area contributed by atoms with Crippen molar-refractivity contribution in [3.05, 3.63) is 24.3 Å². The van der Waals surface area contributed by atoms with Crippen LogP contribution in [0.3, 0.4) is 0 Å². The summed E-state index contributed by atoms with van der Waals surface area (Å²) in [6, 6.07) is 0. The Kier molecular flexibility index (Phi) is 37.8. The summed E-state index contributed by atoms with van der Waals surface area (Å²) in [5.74, 6) is -8.83. The van der Waals surface area contributed by atoms with E-state index in [-0.39, 0.29) is 76.0 Å². The number of hydrogen-bond donors (Lipinski definition) is 26. The highest BCUT2D eigenvalue weighted by atomic mass is 16.8. The predicted molar refractivity (Wildman–Crippen MR) is 446 cm³/mol. The first-order chi connectivity index (χ1) is 64.7. The Hall–Kier alpha value is -3.34. The molecule has 0 bridgehead atoms. The lowest BCUT2D eigenvalue weighted by molar-refractivity contribution is -0.393. The quantitative estimate of drug-likeness (QED) is 0.0180. The molecule has 0 radical (unpaired) electrons. The smallest absolute Gasteiger partial charge is 0.330 e. The van der Waals surface area contributed by atoms with Crippen LogP contribution in [0.1, 0.15) is 96.8 Å². The zero-order valence-corrected chi connectivity index (χ0v) is 76.0. The Bertz CT molecular complexity index is 3520. The van der Waals surface area contributed by atoms with E-state index in [1.54, 1.807) is 19.1 Å². The number of fused-ring (bicyclic) bond motifs is 2. The van der Waals surface area contributed by atoms with Crippen molar-refractivity contribution in [2.45, 2.75) is 391 Å². The van der Waals surface area contributed by atoms with Crippen molar-refractivity contribution in [3.63, 3.8) is 0 Å². The third kappa shape index (κ3) is 24.0. The number of esters is 2. The Morgan fingerprint density at radius 3 is 0.985 bits per heavy atom. The summed E-state index contributed by atoms with van der Waals surface area (Å²) >= 11 is 0. The number of hydrogen-bond acceptors (Lipinski definition) is 46. The van der Waals surface area contributed by atoms with Crippen LogP contribution in [0.5, 0.6) is 0 Å². The van der Waals surface area contributed by atoms with Crippen molar-refractivity contribution >= 4 is 11.9 Å². The fraction of sp³-hybridized carbons (Fsp3) is 0.932. The number of ether oxygens (including phenoxy) is 20. The molecular weight excluding hydrogens is 1820 g/mol. The van der Waals surface area contributed by atoms with Crippen molar-refractivity contribution in [3.8, 4) is 0 Å². The van der Waals surface area contributed by atoms with Crippen molar-refractivity contribution in [1.82, 2.24) is 0 Å². The Balaban J connectivity index is 0.704. The maximum absolute atomic E-state index is 13.1. The number of rotatable bonds is 30. The van der Waals surface area contributed by atoms with Gasteiger partial charge in [0, 0.05) is 65.3 Å². The van der Waals surface area contributed by atoms with Crippen LogP contribution in [0.25, 0.3) is 0 Å². The molecule has 0 aromatic heterocycles. The summed E-state index contributed by atoms with van der Waals surface area (Å²) in [4.78, 5) is 26.3. The number of aliphatic hydroxyl groups excluding tert-OH is 26. The molecule has 8 heterocycles. The molecule has 0 aromatic rings. The van der Waals surface area contributed by atoms with Gasteiger partial charge in [0.15, 0.2) is 62.2 Å². The van der Waals surface area contributed by atoms with Gasteiger partial charge in [0.05, 0.1) is 123 Å². The first-order valence-corrected chi connectivity index (χ1v) is 47.3. The minimum atomic E-state index is -2.13. The molecule has 0 amide bonds. The molecule has 48 nitrogen and oxygen atoms in total. The second-order valence-corrected chi connectivity index (χ2v) is 39.5. The van der Waals surface area contributed by atoms with E-state index >= 15 is 0 Å². The average molecular weight is 1970 g/mol. The maximum Gasteiger partial charge on any atom is 0.330 e. The SMILES string of the molecule is COC1CC(C=CC(=O)OCC2OC(OCC3OC(OC4CC5C(O)CC(O)C(C(C)C6C(O)CC(O)C7CC(OC8OC(COC9OC(COC(=O)C=CC%10CC(OC)C(O)C(OC)C%10)C(O)C(O)C9O)C(O)C(O)C8OC8OCC(O)C(O)C8O)C(C8CCC(O)C(O)C8)[OH+]C76)C5[OH+]C4C4CCC(O)C(O)C4)C(OC4OCC(O)C(O)C4O)C(O)C3O)C(O)C(O)C2O)CC(OC)C1O. The summed E-state index contributed by atoms with van der Waals surface area (Å²) < 4.78 is 118. The van der Waals surface area contributed by atoms with Gasteiger partial charge in [0.2, 0.25) is 0 Å². The average Bonchev–Trinajstić information content (AvgIpc) is 0.732. The molecule has 14 rings (SSSR count). The van der Waals surface area contributed by atoms with Gasteiger partial charge in [-0.3, -0.25) is 0 Å². The van der Waals surface area contributed by atoms with E-state index in [1.807, 2.05) is 0 Å². The molecule has 6 saturated carbocycles. The van der Waals surface area contributed by atoms with Crippen LogP contribution in [0.15, 0.2) is 24.3 Å². The molecule has 48 heteroatoms. The highest BCUT2D eigenvalue weighted by molar-refractivity contribution is 5.82. The lowest BCUT2D eigenvalue weighted by Gasteiger charge is -2.55. The van der Waals surface area contributed by atoms with Gasteiger partial charge in [0.1, 0.15) is 172 Å². The second kappa shape index (κ2) is 47.4. The van der Waals surface area contributed by atoms with E-state index in [2.05, 4.69) is 0 Å². The van der Waals surface area contributed by atoms with E-state index in [0.717, 1.165) is 12.2 Å². The first kappa shape index (κ1) is 108. The maximum atomic E-state index is 13.1. The lowest BCUT2D eigenvalue weighted by atomic mass is 9.59. The van der Waals surface area contributed by atoms with Crippen molar-refractivity contribution < 1.29 is 237 Å². The van der Waals surface area contributed by atoms with Gasteiger partial charge in [-0.1, -0.05) is 19.1 Å². The fourth-order valence-corrected chi connectivity index (χ4v) is 23.0. The summed E-state index contributed by atoms with van der Waals surface area (Å²) in [7, 11) is 5.70. The third-order valence-electron chi connectivity index (χ3n) is 31.0. The fourth-order valence-electron chi connectivity index (χ4n) is 23.0. The Morgan fingerprint density at radius 2 is 0.640 bits per heavy atom. The highest BCUT2D eigenvalue weighted by Crippen LogP contribution is 2.53. The molecule has 0 spiro atoms. The van der Waals surface area contributed by atoms with Gasteiger partial charge in [-0.05, 0) is 94.8 Å². The number of carbonyl (C=O) groups is 2. The highest BCUT2D eigenvalue weighted by Gasteiger charge is 2.66. The summed E-state index contributed by atoms with van der Waals surface area (Å²) in [5.41, 5.74) is 0. The van der Waals surface area contributed by atoms with E-state index in [9.17, 15) is 142 Å². The van der Waals surface area contributed by atoms with Crippen LogP contribution < -0.4 is 0 Å². The van der Waals surface area contributed by atoms with Gasteiger partial charge in [0.25, 0.3) is 0 Å². The van der Waals surface area contributed by atoms with Gasteiger partial charge in [-0.15, -0.1) is 0 Å². The lowest BCUT2D eigenvalue weighted by Crippen LogP contribution is -2.68. The molecular formula is C88H144O48+2. The van der Waals surface area contributed by atoms with Crippen LogP contribution in [-0.2, 0) is 94.9 Å². The molecule has 28 N–H and O–H groups in total. The monoisotopic (exact) mass is 1970 g/mol. The Morgan fingerprint density at radius 1 is 0.309 bits per heavy atom. The molecule has 136 heavy (non-hydrogen) atoms. The first-order valence-electron chi connectivity index (χ1n) is 47.3. The van der Waals surface area contributed by atoms with E-state index in [1.165, 1.54) is 28.4 Å². The molecule has 14 aliphatic rings. The van der Waals surface area contributed by atoms with Gasteiger partial charge < -0.3 is 228 Å². The number of methoxy groups -OCH3 is 4. The molecule has 782 valence electrons. The summed E-state index contributed by atoms with van der Waals surface area (Å²) in [6.07, 6.45) is -69.6. The zero-order valence-electron chi connectivity index (χ0n) is 76.0. The number of carbonyl (C=O) groups excluding carboxylic acids is 2. The number of aliphatic hydroxyl groups is 30. The van der Waals surface area contributed by atoms with Crippen molar-refractivity contribution in [2.75, 3.05) is 68.1 Å². The van der Waals surface area contributed by atoms with Crippen LogP contribution in [-0.4, -0.2) is 516 Å². The minimum absolute atomic E-state index is 0.0185. The van der Waals surface area contributed by atoms with Crippen molar-refractivity contribution in [2.24, 2.45) is 53.3 Å². The molecule has 52 unspecified atom stereocenters. The van der Waals surface area contributed by atoms with Crippen LogP contribution >= 0.6 is 0 Å². The zero-order chi connectivity index (χ0) is 98.2. The standard InChI is InChI=1S/C88H142O48/c1-30(59-43(95)22-39(91)35-20-51(77(133-79(35)59)33-8-10-37(89)41(93)18-33)127-87-81(135-85-73(113)61(101)45(97)24-123-85)71(111)67(107)55(131-87)28-125-83-75(115)69(109)65(105)53(129-83)26-121-57(99)12-6-31-14-47(117-2)63(103)48(15-31)118-3)60-44(96)23-40(92)36-21-52(78(134-80(36)60)34-9-11-38(90)42(94)19-34)128-88-82(136-86-74(114)62(102)46(98)25-124-86)72(112)68(108)56(132-88)29-126-84-76(116)70(110)66(106)54(130-84)27-122-58(100)13-7-32-16-49(119-4)64(104)50(17-32)120-5/h6-7,12-13,30-56,59-98,101-116H,8-11,14-29H2,1-5H3/p+2. The van der Waals surface area contributed by atoms with Gasteiger partial charge in [-0.25, -0.2) is 9.59 Å². The van der Waals surface area contributed by atoms with E-state index < -0.39 is 387 Å². The van der Waals surface area contributed by atoms with Crippen LogP contribution in [0, 0.1) is 53.3 Å². The number of allylic oxidation sites excluding steroid dienone is 2. The minimum Gasteiger partial charge on any atom is -0.460 e. The molecule has 6 aliphatic carbocycles. The van der Waals surface area contributed by atoms with Gasteiger partial charge >= 0.3 is 11.9 Å². The molecule has 52 atom stereocenters. The normalized spacial score (nSPS) is 51.9. The molecule has 8 saturated heterocycles. The molecule has 14 fully saturated rings. The largest absolute Gasteiger partial charge is 0.460 e. The topological polar surface area (TPSA) is 752 Å².